The number of carbonyl (C=O) groups excluding carboxylic acids is 3. The van der Waals surface area contributed by atoms with E-state index in [1.165, 1.54) is 18.9 Å². The van der Waals surface area contributed by atoms with Gasteiger partial charge in [0, 0.05) is 0 Å². The molecule has 2 aromatic carbocycles. The molecule has 2 aliphatic rings. The van der Waals surface area contributed by atoms with Crippen LogP contribution in [0.1, 0.15) is 21.5 Å². The number of rotatable bonds is 4. The molecule has 2 aromatic rings. The van der Waals surface area contributed by atoms with Gasteiger partial charge in [-0.2, -0.15) is 0 Å². The molecule has 1 saturated heterocycles. The molecule has 0 spiro atoms. The van der Waals surface area contributed by atoms with Crippen LogP contribution < -0.4 is 15.0 Å². The standard InChI is InChI=1S/C21H16N2O5S2/c1-27-20(26)14-4-2-3-13(7-14)10-23-15-8-12(5-6-16(15)28-11-18(23)24)9-17-19(25)22-21(29)30-17/h2-9H,10-11H2,1H3,(H,22,25,29). The number of fused-ring (bicyclic) bond motifs is 1. The molecule has 152 valence electrons. The lowest BCUT2D eigenvalue weighted by Gasteiger charge is -2.30. The quantitative estimate of drug-likeness (QED) is 0.445. The Labute approximate surface area is 182 Å². The molecular weight excluding hydrogens is 424 g/mol. The molecule has 0 aliphatic carbocycles. The van der Waals surface area contributed by atoms with Gasteiger partial charge in [-0.05, 0) is 41.5 Å². The Balaban J connectivity index is 1.66. The highest BCUT2D eigenvalue weighted by Gasteiger charge is 2.27. The van der Waals surface area contributed by atoms with Gasteiger partial charge < -0.3 is 19.7 Å². The lowest BCUT2D eigenvalue weighted by molar-refractivity contribution is -0.121. The number of benzene rings is 2. The normalized spacial score (nSPS) is 16.9. The summed E-state index contributed by atoms with van der Waals surface area (Å²) in [7, 11) is 1.32. The number of hydrogen-bond donors (Lipinski definition) is 1. The minimum absolute atomic E-state index is 0.0728. The van der Waals surface area contributed by atoms with Crippen molar-refractivity contribution in [3.8, 4) is 5.75 Å². The number of nitrogens with one attached hydrogen (secondary N) is 1. The average molecular weight is 441 g/mol. The minimum atomic E-state index is -0.440. The molecule has 2 heterocycles. The van der Waals surface area contributed by atoms with E-state index in [9.17, 15) is 14.4 Å². The van der Waals surface area contributed by atoms with Crippen molar-refractivity contribution in [1.29, 1.82) is 0 Å². The van der Waals surface area contributed by atoms with Gasteiger partial charge in [0.05, 0.1) is 29.8 Å². The van der Waals surface area contributed by atoms with Gasteiger partial charge in [0.1, 0.15) is 10.1 Å². The molecular formula is C21H16N2O5S2. The molecule has 1 N–H and O–H groups in total. The van der Waals surface area contributed by atoms with Crippen LogP contribution in [-0.4, -0.2) is 35.8 Å². The summed E-state index contributed by atoms with van der Waals surface area (Å²) < 4.78 is 10.7. The number of methoxy groups -OCH3 is 1. The van der Waals surface area contributed by atoms with Gasteiger partial charge in [0.25, 0.3) is 11.8 Å². The number of ether oxygens (including phenoxy) is 2. The predicted molar refractivity (Wildman–Crippen MR) is 117 cm³/mol. The molecule has 0 unspecified atom stereocenters. The number of thiocarbonyl (C=S) groups is 1. The second-order valence-corrected chi connectivity index (χ2v) is 8.26. The number of anilines is 1. The maximum absolute atomic E-state index is 12.6. The van der Waals surface area contributed by atoms with Crippen molar-refractivity contribution >= 4 is 57.8 Å². The van der Waals surface area contributed by atoms with Gasteiger partial charge >= 0.3 is 5.97 Å². The summed E-state index contributed by atoms with van der Waals surface area (Å²) in [4.78, 5) is 38.4. The van der Waals surface area contributed by atoms with Gasteiger partial charge in [-0.25, -0.2) is 4.79 Å². The smallest absolute Gasteiger partial charge is 0.337 e. The second kappa shape index (κ2) is 8.29. The van der Waals surface area contributed by atoms with E-state index in [0.717, 1.165) is 11.1 Å². The zero-order chi connectivity index (χ0) is 21.3. The topological polar surface area (TPSA) is 84.9 Å². The third-order valence-corrected chi connectivity index (χ3v) is 5.72. The van der Waals surface area contributed by atoms with E-state index in [2.05, 4.69) is 5.32 Å². The van der Waals surface area contributed by atoms with E-state index in [1.807, 2.05) is 12.1 Å². The summed E-state index contributed by atoms with van der Waals surface area (Å²) >= 11 is 6.21. The van der Waals surface area contributed by atoms with E-state index < -0.39 is 5.97 Å². The summed E-state index contributed by atoms with van der Waals surface area (Å²) in [5.74, 6) is -0.318. The van der Waals surface area contributed by atoms with Crippen molar-refractivity contribution in [1.82, 2.24) is 5.32 Å². The third kappa shape index (κ3) is 4.07. The van der Waals surface area contributed by atoms with Crippen molar-refractivity contribution in [2.45, 2.75) is 6.54 Å². The first-order valence-electron chi connectivity index (χ1n) is 8.94. The Bertz CT molecular complexity index is 1110. The lowest BCUT2D eigenvalue weighted by Crippen LogP contribution is -2.38. The van der Waals surface area contributed by atoms with Crippen molar-refractivity contribution < 1.29 is 23.9 Å². The van der Waals surface area contributed by atoms with Crippen molar-refractivity contribution in [3.63, 3.8) is 0 Å². The van der Waals surface area contributed by atoms with Crippen LogP contribution >= 0.6 is 24.0 Å². The van der Waals surface area contributed by atoms with Crippen LogP contribution in [0.4, 0.5) is 5.69 Å². The maximum Gasteiger partial charge on any atom is 0.337 e. The minimum Gasteiger partial charge on any atom is -0.482 e. The zero-order valence-electron chi connectivity index (χ0n) is 15.8. The highest BCUT2D eigenvalue weighted by molar-refractivity contribution is 8.26. The molecule has 0 atom stereocenters. The first kappa shape index (κ1) is 20.1. The zero-order valence-corrected chi connectivity index (χ0v) is 17.5. The molecule has 2 aliphatic heterocycles. The number of thioether (sulfide) groups is 1. The number of hydrogen-bond acceptors (Lipinski definition) is 7. The van der Waals surface area contributed by atoms with E-state index in [0.29, 0.717) is 26.2 Å². The van der Waals surface area contributed by atoms with Crippen molar-refractivity contribution in [2.75, 3.05) is 18.6 Å². The SMILES string of the molecule is COC(=O)c1cccc(CN2C(=O)COc3ccc(C=C4SC(=S)NC4=O)cc32)c1. The van der Waals surface area contributed by atoms with Crippen LogP contribution in [0.3, 0.4) is 0 Å². The maximum atomic E-state index is 12.6. The van der Waals surface area contributed by atoms with Gasteiger partial charge in [0.15, 0.2) is 6.61 Å². The largest absolute Gasteiger partial charge is 0.482 e. The monoisotopic (exact) mass is 440 g/mol. The second-order valence-electron chi connectivity index (χ2n) is 6.54. The first-order chi connectivity index (χ1) is 14.4. The first-order valence-corrected chi connectivity index (χ1v) is 10.2. The Morgan fingerprint density at radius 1 is 1.30 bits per heavy atom. The van der Waals surface area contributed by atoms with Gasteiger partial charge in [0.2, 0.25) is 0 Å². The summed E-state index contributed by atoms with van der Waals surface area (Å²) in [5, 5.41) is 2.58. The number of carbonyl (C=O) groups is 3. The van der Waals surface area contributed by atoms with Crippen LogP contribution in [-0.2, 0) is 20.9 Å². The van der Waals surface area contributed by atoms with Crippen molar-refractivity contribution in [3.05, 3.63) is 64.1 Å². The van der Waals surface area contributed by atoms with Crippen LogP contribution in [0.15, 0.2) is 47.4 Å². The molecule has 4 rings (SSSR count). The highest BCUT2D eigenvalue weighted by atomic mass is 32.2. The van der Waals surface area contributed by atoms with Gasteiger partial charge in [-0.1, -0.05) is 42.2 Å². The van der Waals surface area contributed by atoms with Gasteiger partial charge in [-0.3, -0.25) is 9.59 Å². The summed E-state index contributed by atoms with van der Waals surface area (Å²) in [6, 6.07) is 12.3. The number of nitrogens with zero attached hydrogens (tertiary/aromatic N) is 1. The molecule has 30 heavy (non-hydrogen) atoms. The fraction of sp³-hybridized carbons (Fsp3) is 0.143. The van der Waals surface area contributed by atoms with Crippen LogP contribution in [0.25, 0.3) is 6.08 Å². The summed E-state index contributed by atoms with van der Waals surface area (Å²) in [6.07, 6.45) is 1.72. The van der Waals surface area contributed by atoms with E-state index in [1.54, 1.807) is 41.3 Å². The summed E-state index contributed by atoms with van der Waals surface area (Å²) in [5.41, 5.74) is 2.52. The molecule has 0 radical (unpaired) electrons. The van der Waals surface area contributed by atoms with Crippen LogP contribution in [0.2, 0.25) is 0 Å². The molecule has 7 nitrogen and oxygen atoms in total. The Morgan fingerprint density at radius 3 is 2.87 bits per heavy atom. The predicted octanol–water partition coefficient (Wildman–Crippen LogP) is 2.89. The van der Waals surface area contributed by atoms with Crippen molar-refractivity contribution in [2.24, 2.45) is 0 Å². The van der Waals surface area contributed by atoms with E-state index >= 15 is 0 Å². The fourth-order valence-corrected chi connectivity index (χ4v) is 4.20. The number of amides is 2. The fourth-order valence-electron chi connectivity index (χ4n) is 3.15. The molecule has 1 fully saturated rings. The Kier molecular flexibility index (Phi) is 5.56. The molecule has 0 saturated carbocycles. The third-order valence-electron chi connectivity index (χ3n) is 4.55. The van der Waals surface area contributed by atoms with E-state index in [-0.39, 0.29) is 25.0 Å². The highest BCUT2D eigenvalue weighted by Crippen LogP contribution is 2.35. The molecule has 0 bridgehead atoms. The molecule has 2 amide bonds. The Hall–Kier alpha value is -3.17. The van der Waals surface area contributed by atoms with E-state index in [4.69, 9.17) is 21.7 Å². The molecule has 0 aromatic heterocycles. The number of esters is 1. The Morgan fingerprint density at radius 2 is 2.13 bits per heavy atom. The van der Waals surface area contributed by atoms with Gasteiger partial charge in [-0.15, -0.1) is 0 Å². The van der Waals surface area contributed by atoms with Crippen LogP contribution in [0, 0.1) is 0 Å². The van der Waals surface area contributed by atoms with Crippen LogP contribution in [0.5, 0.6) is 5.75 Å². The molecule has 9 heteroatoms. The summed E-state index contributed by atoms with van der Waals surface area (Å²) in [6.45, 7) is 0.191. The average Bonchev–Trinajstić information content (AvgIpc) is 3.06. The lowest BCUT2D eigenvalue weighted by atomic mass is 10.1.